The lowest BCUT2D eigenvalue weighted by Gasteiger charge is -2.36. The van der Waals surface area contributed by atoms with Gasteiger partial charge < -0.3 is 19.1 Å². The molecule has 0 saturated carbocycles. The minimum absolute atomic E-state index is 0.326. The van der Waals surface area contributed by atoms with Crippen LogP contribution in [0.5, 0.6) is 11.5 Å². The van der Waals surface area contributed by atoms with Crippen molar-refractivity contribution >= 4 is 11.0 Å². The van der Waals surface area contributed by atoms with Crippen LogP contribution in [0.25, 0.3) is 11.0 Å². The lowest BCUT2D eigenvalue weighted by molar-refractivity contribution is -0.184. The molecule has 0 spiro atoms. The first-order valence-corrected chi connectivity index (χ1v) is 7.30. The minimum atomic E-state index is -0.840. The lowest BCUT2D eigenvalue weighted by atomic mass is 10.0. The van der Waals surface area contributed by atoms with Crippen LogP contribution in [-0.2, 0) is 11.3 Å². The van der Waals surface area contributed by atoms with Gasteiger partial charge in [-0.05, 0) is 24.3 Å². The van der Waals surface area contributed by atoms with E-state index in [0.29, 0.717) is 31.3 Å². The van der Waals surface area contributed by atoms with E-state index in [0.717, 1.165) is 11.0 Å². The quantitative estimate of drug-likeness (QED) is 0.804. The highest BCUT2D eigenvalue weighted by molar-refractivity contribution is 5.77. The van der Waals surface area contributed by atoms with Crippen molar-refractivity contribution in [1.82, 2.24) is 9.55 Å². The van der Waals surface area contributed by atoms with E-state index >= 15 is 0 Å². The summed E-state index contributed by atoms with van der Waals surface area (Å²) in [5.74, 6) is 0.670. The SMILES string of the molecule is OC1(Cn2cnc3ccc(Oc4cccc(F)c4)cc32)COC1. The summed E-state index contributed by atoms with van der Waals surface area (Å²) in [4.78, 5) is 4.32. The van der Waals surface area contributed by atoms with Gasteiger partial charge in [-0.15, -0.1) is 0 Å². The molecule has 0 radical (unpaired) electrons. The summed E-state index contributed by atoms with van der Waals surface area (Å²) in [6, 6.07) is 11.4. The molecular weight excluding hydrogens is 299 g/mol. The zero-order valence-electron chi connectivity index (χ0n) is 12.3. The topological polar surface area (TPSA) is 56.5 Å². The molecule has 1 aliphatic rings. The Morgan fingerprint density at radius 1 is 1.22 bits per heavy atom. The smallest absolute Gasteiger partial charge is 0.130 e. The van der Waals surface area contributed by atoms with Gasteiger partial charge in [-0.1, -0.05) is 6.07 Å². The third-order valence-electron chi connectivity index (χ3n) is 3.83. The Balaban J connectivity index is 1.63. The number of ether oxygens (including phenoxy) is 2. The Hall–Kier alpha value is -2.44. The Morgan fingerprint density at radius 3 is 2.78 bits per heavy atom. The molecular formula is C17H15FN2O3. The van der Waals surface area contributed by atoms with Crippen LogP contribution in [0.2, 0.25) is 0 Å². The molecule has 0 unspecified atom stereocenters. The number of aromatic nitrogens is 2. The van der Waals surface area contributed by atoms with Crippen molar-refractivity contribution in [2.24, 2.45) is 0 Å². The summed E-state index contributed by atoms with van der Waals surface area (Å²) < 4.78 is 25.9. The standard InChI is InChI=1S/C17H15FN2O3/c18-12-2-1-3-13(6-12)23-14-4-5-15-16(7-14)20(11-19-15)8-17(21)9-22-10-17/h1-7,11,21H,8-10H2. The number of rotatable bonds is 4. The monoisotopic (exact) mass is 314 g/mol. The maximum atomic E-state index is 13.2. The second-order valence-electron chi connectivity index (χ2n) is 5.80. The molecule has 0 amide bonds. The van der Waals surface area contributed by atoms with Crippen LogP contribution < -0.4 is 4.74 Å². The highest BCUT2D eigenvalue weighted by atomic mass is 19.1. The predicted octanol–water partition coefficient (Wildman–Crippen LogP) is 2.73. The van der Waals surface area contributed by atoms with Crippen molar-refractivity contribution < 1.29 is 19.0 Å². The van der Waals surface area contributed by atoms with Crippen molar-refractivity contribution in [2.75, 3.05) is 13.2 Å². The van der Waals surface area contributed by atoms with Crippen molar-refractivity contribution in [1.29, 1.82) is 0 Å². The number of hydrogen-bond acceptors (Lipinski definition) is 4. The van der Waals surface area contributed by atoms with E-state index in [4.69, 9.17) is 9.47 Å². The Morgan fingerprint density at radius 2 is 2.04 bits per heavy atom. The molecule has 2 heterocycles. The van der Waals surface area contributed by atoms with Crippen LogP contribution in [0.3, 0.4) is 0 Å². The summed E-state index contributed by atoms with van der Waals surface area (Å²) in [6.45, 7) is 1.06. The number of aliphatic hydroxyl groups is 1. The fraction of sp³-hybridized carbons (Fsp3) is 0.235. The van der Waals surface area contributed by atoms with Gasteiger partial charge in [0.1, 0.15) is 22.9 Å². The average Bonchev–Trinajstić information content (AvgIpc) is 2.88. The zero-order chi connectivity index (χ0) is 15.9. The molecule has 1 N–H and O–H groups in total. The van der Waals surface area contributed by atoms with E-state index in [1.54, 1.807) is 24.5 Å². The van der Waals surface area contributed by atoms with Crippen LogP contribution in [-0.4, -0.2) is 33.5 Å². The number of halogens is 1. The summed E-state index contributed by atoms with van der Waals surface area (Å²) in [5.41, 5.74) is 0.812. The van der Waals surface area contributed by atoms with Crippen LogP contribution >= 0.6 is 0 Å². The highest BCUT2D eigenvalue weighted by Gasteiger charge is 2.36. The van der Waals surface area contributed by atoms with E-state index in [-0.39, 0.29) is 5.82 Å². The van der Waals surface area contributed by atoms with Crippen LogP contribution in [0.15, 0.2) is 48.8 Å². The Kier molecular flexibility index (Phi) is 3.28. The van der Waals surface area contributed by atoms with Crippen LogP contribution in [0.4, 0.5) is 4.39 Å². The minimum Gasteiger partial charge on any atom is -0.457 e. The largest absolute Gasteiger partial charge is 0.457 e. The summed E-state index contributed by atoms with van der Waals surface area (Å²) in [6.07, 6.45) is 1.69. The number of imidazole rings is 1. The maximum Gasteiger partial charge on any atom is 0.130 e. The normalized spacial score (nSPS) is 16.3. The van der Waals surface area contributed by atoms with Gasteiger partial charge >= 0.3 is 0 Å². The second-order valence-corrected chi connectivity index (χ2v) is 5.80. The van der Waals surface area contributed by atoms with Gasteiger partial charge in [0.2, 0.25) is 0 Å². The first kappa shape index (κ1) is 14.2. The van der Waals surface area contributed by atoms with Gasteiger partial charge in [-0.25, -0.2) is 9.37 Å². The number of fused-ring (bicyclic) bond motifs is 1. The molecule has 0 bridgehead atoms. The molecule has 1 saturated heterocycles. The first-order valence-electron chi connectivity index (χ1n) is 7.30. The van der Waals surface area contributed by atoms with Crippen molar-refractivity contribution in [2.45, 2.75) is 12.1 Å². The zero-order valence-corrected chi connectivity index (χ0v) is 12.3. The fourth-order valence-corrected chi connectivity index (χ4v) is 2.64. The van der Waals surface area contributed by atoms with E-state index in [1.807, 2.05) is 16.7 Å². The van der Waals surface area contributed by atoms with Gasteiger partial charge in [0, 0.05) is 12.1 Å². The number of benzene rings is 2. The fourth-order valence-electron chi connectivity index (χ4n) is 2.64. The Labute approximate surface area is 131 Å². The molecule has 0 aliphatic carbocycles. The van der Waals surface area contributed by atoms with E-state index in [9.17, 15) is 9.50 Å². The maximum absolute atomic E-state index is 13.2. The number of nitrogens with zero attached hydrogens (tertiary/aromatic N) is 2. The van der Waals surface area contributed by atoms with Crippen LogP contribution in [0, 0.1) is 5.82 Å². The number of hydrogen-bond donors (Lipinski definition) is 1. The molecule has 4 rings (SSSR count). The Bertz CT molecular complexity index is 858. The van der Waals surface area contributed by atoms with Crippen LogP contribution in [0.1, 0.15) is 0 Å². The molecule has 5 nitrogen and oxygen atoms in total. The molecule has 3 aromatic rings. The van der Waals surface area contributed by atoms with Gasteiger partial charge in [0.05, 0.1) is 37.1 Å². The third-order valence-corrected chi connectivity index (χ3v) is 3.83. The molecule has 23 heavy (non-hydrogen) atoms. The molecule has 118 valence electrons. The van der Waals surface area contributed by atoms with Gasteiger partial charge in [0.15, 0.2) is 0 Å². The van der Waals surface area contributed by atoms with E-state index < -0.39 is 5.60 Å². The molecule has 0 atom stereocenters. The lowest BCUT2D eigenvalue weighted by Crippen LogP contribution is -2.52. The molecule has 1 fully saturated rings. The summed E-state index contributed by atoms with van der Waals surface area (Å²) >= 11 is 0. The second kappa shape index (κ2) is 5.33. The molecule has 2 aromatic carbocycles. The summed E-state index contributed by atoms with van der Waals surface area (Å²) in [5, 5.41) is 10.2. The van der Waals surface area contributed by atoms with Gasteiger partial charge in [-0.3, -0.25) is 0 Å². The van der Waals surface area contributed by atoms with Gasteiger partial charge in [-0.2, -0.15) is 0 Å². The molecule has 1 aliphatic heterocycles. The predicted molar refractivity (Wildman–Crippen MR) is 82.0 cm³/mol. The van der Waals surface area contributed by atoms with Crippen molar-refractivity contribution in [3.05, 3.63) is 54.6 Å². The molecule has 6 heteroatoms. The highest BCUT2D eigenvalue weighted by Crippen LogP contribution is 2.27. The first-order chi connectivity index (χ1) is 11.1. The van der Waals surface area contributed by atoms with E-state index in [1.165, 1.54) is 12.1 Å². The van der Waals surface area contributed by atoms with Crippen molar-refractivity contribution in [3.63, 3.8) is 0 Å². The third kappa shape index (κ3) is 2.78. The summed E-state index contributed by atoms with van der Waals surface area (Å²) in [7, 11) is 0. The molecule has 1 aromatic heterocycles. The average molecular weight is 314 g/mol. The van der Waals surface area contributed by atoms with E-state index in [2.05, 4.69) is 4.98 Å². The van der Waals surface area contributed by atoms with Gasteiger partial charge in [0.25, 0.3) is 0 Å². The van der Waals surface area contributed by atoms with Crippen molar-refractivity contribution in [3.8, 4) is 11.5 Å².